The molecule has 0 heterocycles. The first kappa shape index (κ1) is 36.8. The first-order valence-electron chi connectivity index (χ1n) is 21.5. The largest absolute Gasteiger partial charge is 0.309 e. The predicted octanol–water partition coefficient (Wildman–Crippen LogP) is 16.4. The van der Waals surface area contributed by atoms with Crippen LogP contribution >= 0.6 is 0 Å². The average Bonchev–Trinajstić information content (AvgIpc) is 3.69. The molecule has 0 spiro atoms. The van der Waals surface area contributed by atoms with Gasteiger partial charge in [-0.3, -0.25) is 0 Å². The van der Waals surface area contributed by atoms with Crippen LogP contribution in [0, 0.1) is 0 Å². The van der Waals surface area contributed by atoms with E-state index in [1.807, 2.05) is 0 Å². The van der Waals surface area contributed by atoms with Crippen molar-refractivity contribution in [3.63, 3.8) is 0 Å². The monoisotopic (exact) mass is 781 g/mol. The van der Waals surface area contributed by atoms with Crippen LogP contribution in [0.25, 0.3) is 66.8 Å². The highest BCUT2D eigenvalue weighted by atomic mass is 15.1. The minimum absolute atomic E-state index is 0.104. The van der Waals surface area contributed by atoms with E-state index in [0.29, 0.717) is 0 Å². The van der Waals surface area contributed by atoms with E-state index in [-0.39, 0.29) is 10.8 Å². The molecular formula is C60H47N. The summed E-state index contributed by atoms with van der Waals surface area (Å²) < 4.78 is 0. The van der Waals surface area contributed by atoms with Crippen LogP contribution in [0.5, 0.6) is 0 Å². The Hall–Kier alpha value is -7.22. The lowest BCUT2D eigenvalue weighted by molar-refractivity contribution is 0.660. The summed E-state index contributed by atoms with van der Waals surface area (Å²) in [5.74, 6) is 0. The lowest BCUT2D eigenvalue weighted by Crippen LogP contribution is -2.16. The Morgan fingerprint density at radius 2 is 0.721 bits per heavy atom. The van der Waals surface area contributed by atoms with Crippen molar-refractivity contribution >= 4 is 17.1 Å². The minimum atomic E-state index is -0.135. The van der Waals surface area contributed by atoms with Crippen molar-refractivity contribution < 1.29 is 0 Å². The van der Waals surface area contributed by atoms with Gasteiger partial charge in [0.05, 0.1) is 11.4 Å². The fraction of sp³-hybridized carbons (Fsp3) is 0.100. The van der Waals surface area contributed by atoms with E-state index >= 15 is 0 Å². The molecule has 0 amide bonds. The molecule has 0 atom stereocenters. The topological polar surface area (TPSA) is 3.24 Å². The number of anilines is 3. The summed E-state index contributed by atoms with van der Waals surface area (Å²) in [6.07, 6.45) is 0. The molecule has 9 aromatic rings. The smallest absolute Gasteiger partial charge is 0.0540 e. The van der Waals surface area contributed by atoms with Crippen molar-refractivity contribution in [2.24, 2.45) is 0 Å². The van der Waals surface area contributed by atoms with E-state index < -0.39 is 0 Å². The van der Waals surface area contributed by atoms with Crippen LogP contribution in [-0.2, 0) is 10.8 Å². The summed E-state index contributed by atoms with van der Waals surface area (Å²) in [6.45, 7) is 9.49. The molecule has 9 aromatic carbocycles. The predicted molar refractivity (Wildman–Crippen MR) is 258 cm³/mol. The number of nitrogens with zero attached hydrogens (tertiary/aromatic N) is 1. The van der Waals surface area contributed by atoms with Crippen molar-refractivity contribution in [1.82, 2.24) is 0 Å². The molecule has 0 radical (unpaired) electrons. The third kappa shape index (κ3) is 5.91. The zero-order valence-corrected chi connectivity index (χ0v) is 35.2. The van der Waals surface area contributed by atoms with Gasteiger partial charge < -0.3 is 4.90 Å². The molecule has 0 saturated heterocycles. The van der Waals surface area contributed by atoms with Crippen LogP contribution in [0.2, 0.25) is 0 Å². The fourth-order valence-corrected chi connectivity index (χ4v) is 10.5. The van der Waals surface area contributed by atoms with Gasteiger partial charge in [0.15, 0.2) is 0 Å². The molecule has 0 fully saturated rings. The zero-order valence-electron chi connectivity index (χ0n) is 35.2. The lowest BCUT2D eigenvalue weighted by atomic mass is 9.79. The van der Waals surface area contributed by atoms with Gasteiger partial charge in [-0.15, -0.1) is 0 Å². The van der Waals surface area contributed by atoms with Gasteiger partial charge in [0, 0.05) is 27.6 Å². The second-order valence-corrected chi connectivity index (χ2v) is 17.7. The Labute approximate surface area is 360 Å². The van der Waals surface area contributed by atoms with E-state index in [1.165, 1.54) is 89.0 Å². The van der Waals surface area contributed by atoms with Gasteiger partial charge in [0.25, 0.3) is 0 Å². The van der Waals surface area contributed by atoms with E-state index in [4.69, 9.17) is 0 Å². The molecular weight excluding hydrogens is 735 g/mol. The third-order valence-electron chi connectivity index (χ3n) is 13.5. The molecule has 2 aliphatic carbocycles. The highest BCUT2D eigenvalue weighted by Crippen LogP contribution is 2.54. The Morgan fingerprint density at radius 3 is 1.43 bits per heavy atom. The van der Waals surface area contributed by atoms with E-state index in [2.05, 4.69) is 245 Å². The third-order valence-corrected chi connectivity index (χ3v) is 13.5. The minimum Gasteiger partial charge on any atom is -0.309 e. The molecule has 0 saturated carbocycles. The van der Waals surface area contributed by atoms with E-state index in [9.17, 15) is 0 Å². The number of fused-ring (bicyclic) bond motifs is 6. The molecule has 11 rings (SSSR count). The molecule has 0 N–H and O–H groups in total. The van der Waals surface area contributed by atoms with Gasteiger partial charge in [0.1, 0.15) is 0 Å². The molecule has 1 heteroatoms. The maximum absolute atomic E-state index is 2.50. The fourth-order valence-electron chi connectivity index (χ4n) is 10.5. The number of rotatable bonds is 7. The van der Waals surface area contributed by atoms with Gasteiger partial charge in [-0.25, -0.2) is 0 Å². The molecule has 0 bridgehead atoms. The van der Waals surface area contributed by atoms with E-state index in [1.54, 1.807) is 0 Å². The summed E-state index contributed by atoms with van der Waals surface area (Å²) in [5, 5.41) is 0. The molecule has 2 aliphatic rings. The Kier molecular flexibility index (Phi) is 8.58. The number of hydrogen-bond acceptors (Lipinski definition) is 1. The molecule has 61 heavy (non-hydrogen) atoms. The van der Waals surface area contributed by atoms with Crippen molar-refractivity contribution in [2.75, 3.05) is 4.90 Å². The Bertz CT molecular complexity index is 3130. The second-order valence-electron chi connectivity index (χ2n) is 17.7. The maximum atomic E-state index is 2.50. The quantitative estimate of drug-likeness (QED) is 0.156. The summed E-state index contributed by atoms with van der Waals surface area (Å²) in [7, 11) is 0. The van der Waals surface area contributed by atoms with Crippen molar-refractivity contribution in [3.05, 3.63) is 235 Å². The summed E-state index contributed by atoms with van der Waals surface area (Å²) in [5.41, 5.74) is 23.6. The van der Waals surface area contributed by atoms with Crippen LogP contribution in [0.1, 0.15) is 49.9 Å². The van der Waals surface area contributed by atoms with Crippen molar-refractivity contribution in [3.8, 4) is 66.8 Å². The van der Waals surface area contributed by atoms with E-state index in [0.717, 1.165) is 17.1 Å². The standard InChI is InChI=1S/C60H47N/c1-59(2)53-28-12-8-24-49(53)51-37-36-44(39-55(51)59)47-23-11-15-31-57(47)61(56-30-14-10-22-46(56)42-34-32-41(33-35-42)40-18-6-5-7-19-40)45-21-16-20-43(38-45)48-26-17-27-52-50-25-9-13-29-54(50)60(3,4)58(48)52/h5-39H,1-4H3. The first-order valence-corrected chi connectivity index (χ1v) is 21.5. The highest BCUT2D eigenvalue weighted by molar-refractivity contribution is 5.96. The van der Waals surface area contributed by atoms with Gasteiger partial charge in [0.2, 0.25) is 0 Å². The maximum Gasteiger partial charge on any atom is 0.0540 e. The summed E-state index contributed by atoms with van der Waals surface area (Å²) >= 11 is 0. The van der Waals surface area contributed by atoms with Crippen LogP contribution in [-0.4, -0.2) is 0 Å². The highest BCUT2D eigenvalue weighted by Gasteiger charge is 2.38. The number of para-hydroxylation sites is 2. The Morgan fingerprint density at radius 1 is 0.279 bits per heavy atom. The van der Waals surface area contributed by atoms with Crippen LogP contribution < -0.4 is 4.90 Å². The summed E-state index contributed by atoms with van der Waals surface area (Å²) in [6, 6.07) is 78.5. The molecule has 1 nitrogen and oxygen atoms in total. The average molecular weight is 782 g/mol. The number of hydrogen-bond donors (Lipinski definition) is 0. The second kappa shape index (κ2) is 14.2. The molecule has 0 aliphatic heterocycles. The molecule has 0 unspecified atom stereocenters. The van der Waals surface area contributed by atoms with Crippen LogP contribution in [0.3, 0.4) is 0 Å². The van der Waals surface area contributed by atoms with Gasteiger partial charge in [-0.05, 0) is 108 Å². The first-order chi connectivity index (χ1) is 29.8. The zero-order chi connectivity index (χ0) is 41.3. The number of benzene rings is 9. The van der Waals surface area contributed by atoms with Crippen molar-refractivity contribution in [1.29, 1.82) is 0 Å². The van der Waals surface area contributed by atoms with Gasteiger partial charge in [-0.1, -0.05) is 210 Å². The Balaban J connectivity index is 1.10. The summed E-state index contributed by atoms with van der Waals surface area (Å²) in [4.78, 5) is 2.50. The van der Waals surface area contributed by atoms with Crippen molar-refractivity contribution in [2.45, 2.75) is 38.5 Å². The molecule has 292 valence electrons. The van der Waals surface area contributed by atoms with Crippen LogP contribution in [0.15, 0.2) is 212 Å². The normalized spacial score (nSPS) is 13.8. The SMILES string of the molecule is CC1(C)c2ccccc2-c2ccc(-c3ccccc3N(c3cccc(-c4cccc5c4C(C)(C)c4ccccc4-5)c3)c3ccccc3-c3ccc(-c4ccccc4)cc3)cc21. The van der Waals surface area contributed by atoms with Crippen LogP contribution in [0.4, 0.5) is 17.1 Å². The molecule has 0 aromatic heterocycles. The van der Waals surface area contributed by atoms with Gasteiger partial charge in [-0.2, -0.15) is 0 Å². The lowest BCUT2D eigenvalue weighted by Gasteiger charge is -2.31. The van der Waals surface area contributed by atoms with Gasteiger partial charge >= 0.3 is 0 Å².